The summed E-state index contributed by atoms with van der Waals surface area (Å²) in [5, 5.41) is 12.7. The first kappa shape index (κ1) is 12.5. The molecule has 0 aromatic rings. The number of hydrogen-bond acceptors (Lipinski definition) is 3. The van der Waals surface area contributed by atoms with Gasteiger partial charge in [-0.15, -0.1) is 0 Å². The van der Waals surface area contributed by atoms with E-state index in [1.54, 1.807) is 7.11 Å². The van der Waals surface area contributed by atoms with Crippen LogP contribution in [-0.4, -0.2) is 25.8 Å². The Morgan fingerprint density at radius 1 is 1.47 bits per heavy atom. The lowest BCUT2D eigenvalue weighted by molar-refractivity contribution is 0.188. The Kier molecular flexibility index (Phi) is 5.07. The molecular formula is C12H22N2O. The predicted octanol–water partition coefficient (Wildman–Crippen LogP) is 2.08. The van der Waals surface area contributed by atoms with Crippen LogP contribution in [0.5, 0.6) is 0 Å². The fourth-order valence-corrected chi connectivity index (χ4v) is 2.23. The van der Waals surface area contributed by atoms with E-state index < -0.39 is 0 Å². The molecule has 86 valence electrons. The van der Waals surface area contributed by atoms with Crippen molar-refractivity contribution in [2.45, 2.75) is 44.6 Å². The second-order valence-electron chi connectivity index (χ2n) is 4.65. The fraction of sp³-hybridized carbons (Fsp3) is 0.917. The van der Waals surface area contributed by atoms with E-state index in [1.807, 2.05) is 0 Å². The van der Waals surface area contributed by atoms with Gasteiger partial charge in [-0.05, 0) is 25.2 Å². The van der Waals surface area contributed by atoms with E-state index in [2.05, 4.69) is 18.3 Å². The van der Waals surface area contributed by atoms with Crippen molar-refractivity contribution < 1.29 is 4.74 Å². The van der Waals surface area contributed by atoms with Gasteiger partial charge < -0.3 is 4.74 Å². The van der Waals surface area contributed by atoms with E-state index in [0.717, 1.165) is 38.1 Å². The molecule has 2 unspecified atom stereocenters. The maximum absolute atomic E-state index is 9.30. The molecule has 1 aliphatic rings. The van der Waals surface area contributed by atoms with E-state index in [1.165, 1.54) is 6.42 Å². The molecule has 1 N–H and O–H groups in total. The minimum atomic E-state index is -0.288. The molecule has 3 heteroatoms. The molecule has 0 amide bonds. The van der Waals surface area contributed by atoms with Gasteiger partial charge in [0.2, 0.25) is 0 Å². The Morgan fingerprint density at radius 3 is 2.93 bits per heavy atom. The van der Waals surface area contributed by atoms with Crippen LogP contribution in [0.3, 0.4) is 0 Å². The predicted molar refractivity (Wildman–Crippen MR) is 60.5 cm³/mol. The number of nitriles is 1. The van der Waals surface area contributed by atoms with Crippen LogP contribution >= 0.6 is 0 Å². The first-order chi connectivity index (χ1) is 7.22. The van der Waals surface area contributed by atoms with Crippen molar-refractivity contribution in [1.29, 1.82) is 5.26 Å². The summed E-state index contributed by atoms with van der Waals surface area (Å²) in [4.78, 5) is 0. The van der Waals surface area contributed by atoms with Gasteiger partial charge in [0.1, 0.15) is 5.54 Å². The van der Waals surface area contributed by atoms with Crippen LogP contribution in [0.2, 0.25) is 0 Å². The van der Waals surface area contributed by atoms with E-state index in [9.17, 15) is 5.26 Å². The van der Waals surface area contributed by atoms with Crippen molar-refractivity contribution in [2.24, 2.45) is 5.92 Å². The Balaban J connectivity index is 2.47. The molecule has 0 aliphatic heterocycles. The zero-order chi connectivity index (χ0) is 11.1. The highest BCUT2D eigenvalue weighted by atomic mass is 16.5. The summed E-state index contributed by atoms with van der Waals surface area (Å²) in [6.45, 7) is 3.74. The second-order valence-corrected chi connectivity index (χ2v) is 4.65. The molecule has 0 bridgehead atoms. The molecule has 15 heavy (non-hydrogen) atoms. The average molecular weight is 210 g/mol. The smallest absolute Gasteiger partial charge is 0.106 e. The number of hydrogen-bond donors (Lipinski definition) is 1. The third-order valence-corrected chi connectivity index (χ3v) is 3.35. The Hall–Kier alpha value is -0.590. The van der Waals surface area contributed by atoms with Crippen molar-refractivity contribution >= 4 is 0 Å². The topological polar surface area (TPSA) is 45.0 Å². The highest BCUT2D eigenvalue weighted by Gasteiger charge is 2.31. The van der Waals surface area contributed by atoms with Gasteiger partial charge in [0.15, 0.2) is 0 Å². The molecule has 0 saturated heterocycles. The van der Waals surface area contributed by atoms with Crippen molar-refractivity contribution in [3.05, 3.63) is 0 Å². The average Bonchev–Trinajstić information content (AvgIpc) is 2.42. The summed E-state index contributed by atoms with van der Waals surface area (Å²) >= 11 is 0. The number of nitrogens with one attached hydrogen (secondary N) is 1. The highest BCUT2D eigenvalue weighted by Crippen LogP contribution is 2.29. The Morgan fingerprint density at radius 2 is 2.27 bits per heavy atom. The van der Waals surface area contributed by atoms with Gasteiger partial charge in [0.05, 0.1) is 12.7 Å². The Labute approximate surface area is 92.8 Å². The van der Waals surface area contributed by atoms with Crippen molar-refractivity contribution in [1.82, 2.24) is 5.32 Å². The molecule has 3 nitrogen and oxygen atoms in total. The van der Waals surface area contributed by atoms with Gasteiger partial charge in [0, 0.05) is 13.7 Å². The van der Waals surface area contributed by atoms with Crippen LogP contribution in [0.25, 0.3) is 0 Å². The van der Waals surface area contributed by atoms with Crippen LogP contribution in [-0.2, 0) is 4.74 Å². The third kappa shape index (κ3) is 3.81. The quantitative estimate of drug-likeness (QED) is 0.571. The van der Waals surface area contributed by atoms with Crippen molar-refractivity contribution in [3.8, 4) is 6.07 Å². The van der Waals surface area contributed by atoms with Gasteiger partial charge in [-0.1, -0.05) is 19.8 Å². The zero-order valence-corrected chi connectivity index (χ0v) is 9.88. The molecule has 0 aromatic heterocycles. The van der Waals surface area contributed by atoms with E-state index >= 15 is 0 Å². The minimum absolute atomic E-state index is 0.288. The number of methoxy groups -OCH3 is 1. The molecule has 1 aliphatic carbocycles. The summed E-state index contributed by atoms with van der Waals surface area (Å²) in [5.41, 5.74) is -0.288. The van der Waals surface area contributed by atoms with Crippen molar-refractivity contribution in [3.63, 3.8) is 0 Å². The van der Waals surface area contributed by atoms with Gasteiger partial charge in [-0.2, -0.15) is 5.26 Å². The first-order valence-electron chi connectivity index (χ1n) is 5.88. The summed E-state index contributed by atoms with van der Waals surface area (Å²) in [6, 6.07) is 2.47. The van der Waals surface area contributed by atoms with Crippen molar-refractivity contribution in [2.75, 3.05) is 20.3 Å². The van der Waals surface area contributed by atoms with Crippen LogP contribution in [0.15, 0.2) is 0 Å². The number of nitrogens with zero attached hydrogens (tertiary/aromatic N) is 1. The summed E-state index contributed by atoms with van der Waals surface area (Å²) in [5.74, 6) is 0.768. The maximum Gasteiger partial charge on any atom is 0.106 e. The number of ether oxygens (including phenoxy) is 1. The van der Waals surface area contributed by atoms with Crippen LogP contribution in [0.4, 0.5) is 0 Å². The monoisotopic (exact) mass is 210 g/mol. The number of rotatable bonds is 4. The minimum Gasteiger partial charge on any atom is -0.383 e. The van der Waals surface area contributed by atoms with Gasteiger partial charge >= 0.3 is 0 Å². The molecule has 1 rings (SSSR count). The zero-order valence-electron chi connectivity index (χ0n) is 9.88. The highest BCUT2D eigenvalue weighted by molar-refractivity contribution is 5.07. The van der Waals surface area contributed by atoms with E-state index in [4.69, 9.17) is 4.74 Å². The molecule has 0 heterocycles. The van der Waals surface area contributed by atoms with Gasteiger partial charge in [-0.3, -0.25) is 5.32 Å². The lowest BCUT2D eigenvalue weighted by Gasteiger charge is -2.26. The summed E-state index contributed by atoms with van der Waals surface area (Å²) in [6.07, 6.45) is 5.55. The van der Waals surface area contributed by atoms with Crippen LogP contribution < -0.4 is 5.32 Å². The van der Waals surface area contributed by atoms with Crippen LogP contribution in [0.1, 0.15) is 39.0 Å². The Bertz CT molecular complexity index is 224. The van der Waals surface area contributed by atoms with E-state index in [0.29, 0.717) is 6.61 Å². The van der Waals surface area contributed by atoms with Crippen LogP contribution in [0, 0.1) is 17.2 Å². The SMILES string of the molecule is COCCNC1(C#N)CCCC(C)CC1. The third-order valence-electron chi connectivity index (χ3n) is 3.35. The molecule has 1 saturated carbocycles. The van der Waals surface area contributed by atoms with Gasteiger partial charge in [0.25, 0.3) is 0 Å². The standard InChI is InChI=1S/C12H22N2O/c1-11-4-3-6-12(10-13,7-5-11)14-8-9-15-2/h11,14H,3-9H2,1-2H3. The van der Waals surface area contributed by atoms with E-state index in [-0.39, 0.29) is 5.54 Å². The molecule has 0 radical (unpaired) electrons. The molecular weight excluding hydrogens is 188 g/mol. The molecule has 0 aromatic carbocycles. The molecule has 0 spiro atoms. The maximum atomic E-state index is 9.30. The largest absolute Gasteiger partial charge is 0.383 e. The first-order valence-corrected chi connectivity index (χ1v) is 5.88. The van der Waals surface area contributed by atoms with Gasteiger partial charge in [-0.25, -0.2) is 0 Å². The summed E-state index contributed by atoms with van der Waals surface area (Å²) in [7, 11) is 1.69. The lowest BCUT2D eigenvalue weighted by Crippen LogP contribution is -2.45. The normalized spacial score (nSPS) is 31.9. The molecule has 1 fully saturated rings. The summed E-state index contributed by atoms with van der Waals surface area (Å²) < 4.78 is 5.00. The second kappa shape index (κ2) is 6.09. The lowest BCUT2D eigenvalue weighted by atomic mass is 9.91. The fourth-order valence-electron chi connectivity index (χ4n) is 2.23. The molecule has 2 atom stereocenters.